The summed E-state index contributed by atoms with van der Waals surface area (Å²) >= 11 is 0. The molecule has 0 unspecified atom stereocenters. The lowest BCUT2D eigenvalue weighted by atomic mass is 10.1. The molecule has 4 N–H and O–H groups in total. The lowest BCUT2D eigenvalue weighted by molar-refractivity contribution is -0.118. The van der Waals surface area contributed by atoms with Gasteiger partial charge < -0.3 is 20.9 Å². The number of phenols is 1. The first-order valence-electron chi connectivity index (χ1n) is 4.17. The SMILES string of the molecule is NC(=O)c1cc(O)c2c(c1)OCC(=O)N2. The van der Waals surface area contributed by atoms with E-state index in [1.807, 2.05) is 0 Å². The van der Waals surface area contributed by atoms with Crippen LogP contribution in [0.1, 0.15) is 10.4 Å². The van der Waals surface area contributed by atoms with E-state index in [0.717, 1.165) is 0 Å². The van der Waals surface area contributed by atoms with Crippen molar-refractivity contribution in [3.8, 4) is 11.5 Å². The molecule has 0 atom stereocenters. The fraction of sp³-hybridized carbons (Fsp3) is 0.111. The Morgan fingerprint density at radius 3 is 2.93 bits per heavy atom. The Bertz CT molecular complexity index is 456. The van der Waals surface area contributed by atoms with Gasteiger partial charge >= 0.3 is 0 Å². The first kappa shape index (κ1) is 9.32. The van der Waals surface area contributed by atoms with Crippen molar-refractivity contribution in [2.45, 2.75) is 0 Å². The second kappa shape index (κ2) is 3.16. The molecule has 78 valence electrons. The van der Waals surface area contributed by atoms with Gasteiger partial charge in [0.25, 0.3) is 5.91 Å². The maximum atomic E-state index is 11.0. The van der Waals surface area contributed by atoms with Gasteiger partial charge in [0.05, 0.1) is 0 Å². The number of fused-ring (bicyclic) bond motifs is 1. The number of hydrogen-bond donors (Lipinski definition) is 3. The third-order valence-corrected chi connectivity index (χ3v) is 1.99. The maximum absolute atomic E-state index is 11.0. The number of amides is 2. The minimum atomic E-state index is -0.673. The molecular formula is C9H8N2O4. The van der Waals surface area contributed by atoms with Crippen molar-refractivity contribution in [1.82, 2.24) is 0 Å². The van der Waals surface area contributed by atoms with Gasteiger partial charge in [0.15, 0.2) is 6.61 Å². The number of primary amides is 1. The lowest BCUT2D eigenvalue weighted by Gasteiger charge is -2.19. The molecule has 0 saturated heterocycles. The van der Waals surface area contributed by atoms with Crippen LogP contribution in [0, 0.1) is 0 Å². The molecule has 0 spiro atoms. The quantitative estimate of drug-likeness (QED) is 0.557. The average molecular weight is 208 g/mol. The zero-order valence-corrected chi connectivity index (χ0v) is 7.61. The molecule has 1 aliphatic heterocycles. The van der Waals surface area contributed by atoms with Crippen molar-refractivity contribution in [2.75, 3.05) is 11.9 Å². The van der Waals surface area contributed by atoms with E-state index in [-0.39, 0.29) is 35.3 Å². The number of nitrogens with one attached hydrogen (secondary N) is 1. The number of ether oxygens (including phenoxy) is 1. The van der Waals surface area contributed by atoms with Crippen LogP contribution in [0.3, 0.4) is 0 Å². The van der Waals surface area contributed by atoms with Crippen LogP contribution < -0.4 is 15.8 Å². The van der Waals surface area contributed by atoms with Gasteiger partial charge in [-0.1, -0.05) is 0 Å². The van der Waals surface area contributed by atoms with Crippen LogP contribution in [0.4, 0.5) is 5.69 Å². The fourth-order valence-corrected chi connectivity index (χ4v) is 1.30. The summed E-state index contributed by atoms with van der Waals surface area (Å²) in [4.78, 5) is 21.8. The van der Waals surface area contributed by atoms with E-state index in [1.54, 1.807) is 0 Å². The van der Waals surface area contributed by atoms with Crippen molar-refractivity contribution >= 4 is 17.5 Å². The highest BCUT2D eigenvalue weighted by molar-refractivity contribution is 6.00. The number of phenolic OH excluding ortho intramolecular Hbond substituents is 1. The topological polar surface area (TPSA) is 102 Å². The monoisotopic (exact) mass is 208 g/mol. The summed E-state index contributed by atoms with van der Waals surface area (Å²) in [7, 11) is 0. The second-order valence-electron chi connectivity index (χ2n) is 3.07. The molecule has 1 aromatic rings. The number of rotatable bonds is 1. The van der Waals surface area contributed by atoms with Crippen molar-refractivity contribution in [3.63, 3.8) is 0 Å². The fourth-order valence-electron chi connectivity index (χ4n) is 1.30. The van der Waals surface area contributed by atoms with E-state index < -0.39 is 5.91 Å². The van der Waals surface area contributed by atoms with E-state index >= 15 is 0 Å². The van der Waals surface area contributed by atoms with E-state index in [1.165, 1.54) is 12.1 Å². The number of benzene rings is 1. The Hall–Kier alpha value is -2.24. The molecule has 1 aromatic carbocycles. The van der Waals surface area contributed by atoms with Crippen LogP contribution in [0.2, 0.25) is 0 Å². The Labute approximate surface area is 84.6 Å². The molecule has 1 aliphatic rings. The molecule has 0 bridgehead atoms. The predicted molar refractivity (Wildman–Crippen MR) is 50.7 cm³/mol. The van der Waals surface area contributed by atoms with E-state index in [4.69, 9.17) is 10.5 Å². The molecular weight excluding hydrogens is 200 g/mol. The number of carbonyl (C=O) groups excluding carboxylic acids is 2. The van der Waals surface area contributed by atoms with Gasteiger partial charge in [-0.2, -0.15) is 0 Å². The van der Waals surface area contributed by atoms with Crippen LogP contribution >= 0.6 is 0 Å². The number of carbonyl (C=O) groups is 2. The first-order chi connectivity index (χ1) is 7.08. The van der Waals surface area contributed by atoms with Gasteiger partial charge in [-0.05, 0) is 12.1 Å². The molecule has 0 saturated carbocycles. The van der Waals surface area contributed by atoms with Crippen LogP contribution in [0.25, 0.3) is 0 Å². The zero-order valence-electron chi connectivity index (χ0n) is 7.61. The Kier molecular flexibility index (Phi) is 1.96. The lowest BCUT2D eigenvalue weighted by Crippen LogP contribution is -2.26. The van der Waals surface area contributed by atoms with Gasteiger partial charge in [-0.25, -0.2) is 0 Å². The first-order valence-corrected chi connectivity index (χ1v) is 4.17. The van der Waals surface area contributed by atoms with E-state index in [2.05, 4.69) is 5.32 Å². The minimum Gasteiger partial charge on any atom is -0.506 e. The molecule has 0 aromatic heterocycles. The molecule has 2 amide bonds. The highest BCUT2D eigenvalue weighted by Gasteiger charge is 2.21. The standard InChI is InChI=1S/C9H8N2O4/c10-9(14)4-1-5(12)8-6(2-4)15-3-7(13)11-8/h1-2,12H,3H2,(H2,10,14)(H,11,13). The highest BCUT2D eigenvalue weighted by atomic mass is 16.5. The summed E-state index contributed by atoms with van der Waals surface area (Å²) < 4.78 is 5.03. The molecule has 1 heterocycles. The highest BCUT2D eigenvalue weighted by Crippen LogP contribution is 2.37. The average Bonchev–Trinajstić information content (AvgIpc) is 2.18. The summed E-state index contributed by atoms with van der Waals surface area (Å²) in [6, 6.07) is 2.55. The van der Waals surface area contributed by atoms with Crippen molar-refractivity contribution in [3.05, 3.63) is 17.7 Å². The number of nitrogens with two attached hydrogens (primary N) is 1. The third-order valence-electron chi connectivity index (χ3n) is 1.99. The smallest absolute Gasteiger partial charge is 0.262 e. The van der Waals surface area contributed by atoms with Crippen LogP contribution in [0.5, 0.6) is 11.5 Å². The second-order valence-corrected chi connectivity index (χ2v) is 3.07. The third kappa shape index (κ3) is 1.56. The van der Waals surface area contributed by atoms with Crippen molar-refractivity contribution < 1.29 is 19.4 Å². The molecule has 6 heteroatoms. The molecule has 0 aliphatic carbocycles. The molecule has 15 heavy (non-hydrogen) atoms. The molecule has 0 fully saturated rings. The van der Waals surface area contributed by atoms with Crippen LogP contribution in [-0.2, 0) is 4.79 Å². The summed E-state index contributed by atoms with van der Waals surface area (Å²) in [6.45, 7) is -0.144. The zero-order chi connectivity index (χ0) is 11.0. The van der Waals surface area contributed by atoms with Gasteiger partial charge in [-0.15, -0.1) is 0 Å². The predicted octanol–water partition coefficient (Wildman–Crippen LogP) is -0.178. The van der Waals surface area contributed by atoms with Gasteiger partial charge in [0, 0.05) is 5.56 Å². The Morgan fingerprint density at radius 2 is 2.27 bits per heavy atom. The van der Waals surface area contributed by atoms with E-state index in [0.29, 0.717) is 0 Å². The van der Waals surface area contributed by atoms with Crippen LogP contribution in [-0.4, -0.2) is 23.5 Å². The summed E-state index contributed by atoms with van der Waals surface area (Å²) in [5, 5.41) is 11.9. The summed E-state index contributed by atoms with van der Waals surface area (Å²) in [5.74, 6) is -1.03. The minimum absolute atomic E-state index is 0.127. The molecule has 0 radical (unpaired) electrons. The normalized spacial score (nSPS) is 13.7. The molecule has 6 nitrogen and oxygen atoms in total. The van der Waals surface area contributed by atoms with Gasteiger partial charge in [0.2, 0.25) is 5.91 Å². The largest absolute Gasteiger partial charge is 0.506 e. The number of hydrogen-bond acceptors (Lipinski definition) is 4. The summed E-state index contributed by atoms with van der Waals surface area (Å²) in [5.41, 5.74) is 5.34. The maximum Gasteiger partial charge on any atom is 0.262 e. The number of aromatic hydroxyl groups is 1. The van der Waals surface area contributed by atoms with Gasteiger partial charge in [0.1, 0.15) is 17.2 Å². The van der Waals surface area contributed by atoms with E-state index in [9.17, 15) is 14.7 Å². The number of anilines is 1. The van der Waals surface area contributed by atoms with Crippen LogP contribution in [0.15, 0.2) is 12.1 Å². The summed E-state index contributed by atoms with van der Waals surface area (Å²) in [6.07, 6.45) is 0. The Balaban J connectivity index is 2.52. The van der Waals surface area contributed by atoms with Crippen molar-refractivity contribution in [1.29, 1.82) is 0 Å². The van der Waals surface area contributed by atoms with Crippen molar-refractivity contribution in [2.24, 2.45) is 5.73 Å². The Morgan fingerprint density at radius 1 is 1.53 bits per heavy atom. The molecule has 2 rings (SSSR count). The van der Waals surface area contributed by atoms with Gasteiger partial charge in [-0.3, -0.25) is 9.59 Å².